The van der Waals surface area contributed by atoms with Crippen LogP contribution in [0.4, 0.5) is 13.2 Å². The molecule has 6 heteroatoms. The van der Waals surface area contributed by atoms with E-state index in [-0.39, 0.29) is 12.5 Å². The van der Waals surface area contributed by atoms with E-state index in [1.165, 1.54) is 11.8 Å². The second-order valence-electron chi connectivity index (χ2n) is 6.82. The zero-order chi connectivity index (χ0) is 21.6. The number of aryl methyl sites for hydroxylation is 2. The maximum atomic E-state index is 12.3. The number of nitrogens with zero attached hydrogens (tertiary/aromatic N) is 1. The lowest BCUT2D eigenvalue weighted by atomic mass is 10.1. The van der Waals surface area contributed by atoms with Gasteiger partial charge in [0.15, 0.2) is 0 Å². The second kappa shape index (κ2) is 9.63. The first-order valence-electron chi connectivity index (χ1n) is 9.78. The van der Waals surface area contributed by atoms with Gasteiger partial charge in [0.1, 0.15) is 0 Å². The van der Waals surface area contributed by atoms with Crippen LogP contribution in [0.5, 0.6) is 0 Å². The first-order valence-corrected chi connectivity index (χ1v) is 9.78. The molecule has 0 aliphatic heterocycles. The number of hydrogen-bond acceptors (Lipinski definition) is 2. The van der Waals surface area contributed by atoms with Crippen LogP contribution in [0.15, 0.2) is 49.2 Å². The Morgan fingerprint density at radius 3 is 2.52 bits per heavy atom. The fourth-order valence-electron chi connectivity index (χ4n) is 2.94. The molecule has 2 N–H and O–H groups in total. The third-order valence-electron chi connectivity index (χ3n) is 4.48. The van der Waals surface area contributed by atoms with Crippen molar-refractivity contribution in [2.24, 2.45) is 0 Å². The van der Waals surface area contributed by atoms with E-state index in [2.05, 4.69) is 40.1 Å². The summed E-state index contributed by atoms with van der Waals surface area (Å²) in [6, 6.07) is 11.6. The van der Waals surface area contributed by atoms with Crippen LogP contribution in [0, 0.1) is 6.92 Å². The zero-order valence-corrected chi connectivity index (χ0v) is 17.3. The molecule has 0 fully saturated rings. The molecule has 0 aliphatic rings. The molecule has 0 saturated carbocycles. The molecule has 0 amide bonds. The van der Waals surface area contributed by atoms with Crippen LogP contribution in [0.2, 0.25) is 0 Å². The molecule has 0 bridgehead atoms. The van der Waals surface area contributed by atoms with E-state index in [4.69, 9.17) is 0 Å². The van der Waals surface area contributed by atoms with Crippen molar-refractivity contribution in [3.8, 4) is 0 Å². The van der Waals surface area contributed by atoms with Gasteiger partial charge >= 0.3 is 6.18 Å². The van der Waals surface area contributed by atoms with Crippen molar-refractivity contribution in [3.63, 3.8) is 0 Å². The fourth-order valence-corrected chi connectivity index (χ4v) is 2.94. The van der Waals surface area contributed by atoms with E-state index < -0.39 is 12.6 Å². The first-order chi connectivity index (χ1) is 13.7. The quantitative estimate of drug-likeness (QED) is 0.480. The fraction of sp³-hybridized carbons (Fsp3) is 0.348. The van der Waals surface area contributed by atoms with Crippen molar-refractivity contribution >= 4 is 16.6 Å². The smallest absolute Gasteiger partial charge is 0.376 e. The van der Waals surface area contributed by atoms with Gasteiger partial charge in [-0.2, -0.15) is 13.2 Å². The van der Waals surface area contributed by atoms with E-state index in [9.17, 15) is 13.2 Å². The summed E-state index contributed by atoms with van der Waals surface area (Å²) in [5.41, 5.74) is 5.18. The molecule has 3 rings (SSSR count). The van der Waals surface area contributed by atoms with Crippen LogP contribution >= 0.6 is 0 Å². The van der Waals surface area contributed by atoms with Gasteiger partial charge < -0.3 is 10.3 Å². The van der Waals surface area contributed by atoms with Gasteiger partial charge in [-0.1, -0.05) is 38.6 Å². The number of hydrogen-bond donors (Lipinski definition) is 2. The molecular weight excluding hydrogens is 375 g/mol. The minimum absolute atomic E-state index is 0.0558. The topological polar surface area (TPSA) is 40.7 Å². The summed E-state index contributed by atoms with van der Waals surface area (Å²) in [7, 11) is 0. The molecular formula is C23H28F3N3. The van der Waals surface area contributed by atoms with Gasteiger partial charge in [0.25, 0.3) is 0 Å². The van der Waals surface area contributed by atoms with E-state index in [0.29, 0.717) is 5.56 Å². The number of benzene rings is 1. The summed E-state index contributed by atoms with van der Waals surface area (Å²) in [6.45, 7) is 12.1. The highest BCUT2D eigenvalue weighted by Crippen LogP contribution is 2.24. The predicted octanol–water partition coefficient (Wildman–Crippen LogP) is 6.71. The normalized spacial score (nSPS) is 12.2. The molecule has 3 aromatic rings. The molecule has 0 radical (unpaired) electrons. The van der Waals surface area contributed by atoms with Crippen molar-refractivity contribution in [3.05, 3.63) is 71.7 Å². The molecule has 1 unspecified atom stereocenters. The molecule has 29 heavy (non-hydrogen) atoms. The highest BCUT2D eigenvalue weighted by atomic mass is 19.4. The molecule has 2 aromatic heterocycles. The van der Waals surface area contributed by atoms with E-state index >= 15 is 0 Å². The molecule has 1 atom stereocenters. The van der Waals surface area contributed by atoms with Crippen LogP contribution in [0.3, 0.4) is 0 Å². The monoisotopic (exact) mass is 403 g/mol. The Balaban J connectivity index is 0.00000145. The lowest BCUT2D eigenvalue weighted by molar-refractivity contribution is -0.134. The number of aromatic amines is 1. The average molecular weight is 403 g/mol. The maximum absolute atomic E-state index is 12.3. The third-order valence-corrected chi connectivity index (χ3v) is 4.48. The van der Waals surface area contributed by atoms with Gasteiger partial charge in [-0.25, -0.2) is 0 Å². The standard InChI is InChI=1S/C21H22F3N3.C2H6/c1-13-4-6-17-11-19(27-20(17)10-13)15(3)26-14(2)18-7-5-16(12-25-18)8-9-21(22,23)24;1-2/h4-7,10-12,14,26-27H,3,8-9H2,1-2H3;1-2H3. The van der Waals surface area contributed by atoms with Gasteiger partial charge in [0.2, 0.25) is 0 Å². The Morgan fingerprint density at radius 2 is 1.90 bits per heavy atom. The molecule has 0 saturated heterocycles. The Bertz CT molecular complexity index is 940. The maximum Gasteiger partial charge on any atom is 0.389 e. The summed E-state index contributed by atoms with van der Waals surface area (Å²) in [6.07, 6.45) is -3.53. The van der Waals surface area contributed by atoms with Gasteiger partial charge in [0.05, 0.1) is 23.1 Å². The van der Waals surface area contributed by atoms with E-state index in [1.54, 1.807) is 12.1 Å². The van der Waals surface area contributed by atoms with Gasteiger partial charge in [-0.05, 0) is 49.6 Å². The molecule has 3 nitrogen and oxygen atoms in total. The Kier molecular flexibility index (Phi) is 7.48. The lowest BCUT2D eigenvalue weighted by Gasteiger charge is -2.16. The number of halogens is 3. The minimum atomic E-state index is -4.15. The van der Waals surface area contributed by atoms with Crippen molar-refractivity contribution in [2.45, 2.75) is 52.8 Å². The number of nitrogens with one attached hydrogen (secondary N) is 2. The first kappa shape index (κ1) is 22.5. The van der Waals surface area contributed by atoms with Crippen LogP contribution in [0.1, 0.15) is 55.7 Å². The Labute approximate surface area is 170 Å². The van der Waals surface area contributed by atoms with Crippen LogP contribution in [-0.2, 0) is 6.42 Å². The molecule has 2 heterocycles. The lowest BCUT2D eigenvalue weighted by Crippen LogP contribution is -2.18. The van der Waals surface area contributed by atoms with Crippen LogP contribution in [-0.4, -0.2) is 16.1 Å². The third kappa shape index (κ3) is 6.38. The van der Waals surface area contributed by atoms with E-state index in [1.807, 2.05) is 33.8 Å². The number of alkyl halides is 3. The van der Waals surface area contributed by atoms with Crippen molar-refractivity contribution in [1.29, 1.82) is 0 Å². The molecule has 0 spiro atoms. The highest BCUT2D eigenvalue weighted by Gasteiger charge is 2.26. The minimum Gasteiger partial charge on any atom is -0.376 e. The van der Waals surface area contributed by atoms with Crippen molar-refractivity contribution in [2.75, 3.05) is 0 Å². The Hall–Kier alpha value is -2.76. The summed E-state index contributed by atoms with van der Waals surface area (Å²) in [5, 5.41) is 4.41. The highest BCUT2D eigenvalue weighted by molar-refractivity contribution is 5.84. The van der Waals surface area contributed by atoms with Gasteiger partial charge in [0, 0.05) is 23.5 Å². The SMILES string of the molecule is C=C(NC(C)c1ccc(CCC(F)(F)F)cn1)c1cc2ccc(C)cc2[nH]1.CC. The van der Waals surface area contributed by atoms with Crippen molar-refractivity contribution < 1.29 is 13.2 Å². The molecule has 156 valence electrons. The zero-order valence-electron chi connectivity index (χ0n) is 17.3. The van der Waals surface area contributed by atoms with Crippen molar-refractivity contribution in [1.82, 2.24) is 15.3 Å². The number of fused-ring (bicyclic) bond motifs is 1. The summed E-state index contributed by atoms with van der Waals surface area (Å²) >= 11 is 0. The average Bonchev–Trinajstić information content (AvgIpc) is 3.11. The van der Waals surface area contributed by atoms with Crippen LogP contribution < -0.4 is 5.32 Å². The van der Waals surface area contributed by atoms with Gasteiger partial charge in [-0.3, -0.25) is 4.98 Å². The summed E-state index contributed by atoms with van der Waals surface area (Å²) in [4.78, 5) is 7.64. The number of H-pyrrole nitrogens is 1. The number of pyridine rings is 1. The molecule has 0 aliphatic carbocycles. The summed E-state index contributed by atoms with van der Waals surface area (Å²) < 4.78 is 36.9. The number of rotatable bonds is 6. The Morgan fingerprint density at radius 1 is 1.17 bits per heavy atom. The van der Waals surface area contributed by atoms with E-state index in [0.717, 1.165) is 28.0 Å². The molecule has 1 aromatic carbocycles. The largest absolute Gasteiger partial charge is 0.389 e. The van der Waals surface area contributed by atoms with Gasteiger partial charge in [-0.15, -0.1) is 0 Å². The van der Waals surface area contributed by atoms with Crippen LogP contribution in [0.25, 0.3) is 16.6 Å². The second-order valence-corrected chi connectivity index (χ2v) is 6.82. The predicted molar refractivity (Wildman–Crippen MR) is 114 cm³/mol. The number of aromatic nitrogens is 2. The summed E-state index contributed by atoms with van der Waals surface area (Å²) in [5.74, 6) is 0.